The van der Waals surface area contributed by atoms with Crippen LogP contribution in [0.2, 0.25) is 0 Å². The first-order chi connectivity index (χ1) is 8.64. The average Bonchev–Trinajstić information content (AvgIpc) is 2.39. The van der Waals surface area contributed by atoms with Gasteiger partial charge in [0.15, 0.2) is 0 Å². The molecular formula is C14H22ClNO2. The molecule has 0 aromatic heterocycles. The number of nitrogens with one attached hydrogen (secondary N) is 1. The van der Waals surface area contributed by atoms with Crippen LogP contribution in [0.5, 0.6) is 0 Å². The minimum absolute atomic E-state index is 0.0252. The summed E-state index contributed by atoms with van der Waals surface area (Å²) in [4.78, 5) is 11.7. The number of hydrogen-bond donors (Lipinski definition) is 1. The zero-order chi connectivity index (χ0) is 13.6. The first-order valence-electron chi connectivity index (χ1n) is 6.38. The Morgan fingerprint density at radius 2 is 2.28 bits per heavy atom. The fourth-order valence-electron chi connectivity index (χ4n) is 2.69. The highest BCUT2D eigenvalue weighted by Crippen LogP contribution is 2.35. The third kappa shape index (κ3) is 2.96. The first kappa shape index (κ1) is 15.3. The highest BCUT2D eigenvalue weighted by Gasteiger charge is 2.41. The molecule has 18 heavy (non-hydrogen) atoms. The lowest BCUT2D eigenvalue weighted by Gasteiger charge is -2.43. The maximum absolute atomic E-state index is 11.7. The Kier molecular flexibility index (Phi) is 5.89. The summed E-state index contributed by atoms with van der Waals surface area (Å²) in [5.41, 5.74) is 0.746. The van der Waals surface area contributed by atoms with Crippen LogP contribution in [0, 0.1) is 5.92 Å². The van der Waals surface area contributed by atoms with Crippen LogP contribution >= 0.6 is 11.6 Å². The van der Waals surface area contributed by atoms with E-state index in [0.29, 0.717) is 6.61 Å². The molecule has 0 saturated heterocycles. The number of hydrogen-bond acceptors (Lipinski definition) is 2. The zero-order valence-corrected chi connectivity index (χ0v) is 12.1. The van der Waals surface area contributed by atoms with Crippen LogP contribution in [-0.4, -0.2) is 31.0 Å². The second-order valence-corrected chi connectivity index (χ2v) is 4.80. The van der Waals surface area contributed by atoms with E-state index in [4.69, 9.17) is 16.3 Å². The number of alkyl halides is 1. The van der Waals surface area contributed by atoms with Gasteiger partial charge in [-0.1, -0.05) is 32.1 Å². The van der Waals surface area contributed by atoms with Crippen molar-refractivity contribution in [2.45, 2.75) is 32.2 Å². The van der Waals surface area contributed by atoms with E-state index in [2.05, 4.69) is 37.4 Å². The van der Waals surface area contributed by atoms with Gasteiger partial charge < -0.3 is 10.1 Å². The van der Waals surface area contributed by atoms with Gasteiger partial charge in [0.2, 0.25) is 5.91 Å². The monoisotopic (exact) mass is 271 g/mol. The minimum atomic E-state index is -0.445. The molecule has 0 aliphatic heterocycles. The molecule has 1 N–H and O–H groups in total. The SMILES string of the molecule is CCC1=CC=CC(CC)C1(COC)NC(=O)CCl. The molecule has 102 valence electrons. The van der Waals surface area contributed by atoms with Gasteiger partial charge in [0, 0.05) is 13.0 Å². The maximum atomic E-state index is 11.7. The molecule has 4 heteroatoms. The van der Waals surface area contributed by atoms with Gasteiger partial charge in [0.05, 0.1) is 12.1 Å². The van der Waals surface area contributed by atoms with Gasteiger partial charge in [0.1, 0.15) is 5.88 Å². The van der Waals surface area contributed by atoms with Gasteiger partial charge in [-0.15, -0.1) is 11.6 Å². The molecule has 1 aliphatic rings. The van der Waals surface area contributed by atoms with E-state index >= 15 is 0 Å². The van der Waals surface area contributed by atoms with Crippen LogP contribution in [0.15, 0.2) is 23.8 Å². The van der Waals surface area contributed by atoms with Crippen LogP contribution < -0.4 is 5.32 Å². The lowest BCUT2D eigenvalue weighted by atomic mass is 9.72. The summed E-state index contributed by atoms with van der Waals surface area (Å²) in [6.07, 6.45) is 8.09. The van der Waals surface area contributed by atoms with Crippen LogP contribution in [0.25, 0.3) is 0 Å². The number of allylic oxidation sites excluding steroid dienone is 2. The van der Waals surface area contributed by atoms with Gasteiger partial charge in [-0.2, -0.15) is 0 Å². The number of amides is 1. The van der Waals surface area contributed by atoms with E-state index < -0.39 is 5.54 Å². The first-order valence-corrected chi connectivity index (χ1v) is 6.91. The molecule has 1 amide bonds. The summed E-state index contributed by atoms with van der Waals surface area (Å²) < 4.78 is 5.36. The van der Waals surface area contributed by atoms with Crippen molar-refractivity contribution in [3.05, 3.63) is 23.8 Å². The number of rotatable bonds is 6. The van der Waals surface area contributed by atoms with Crippen LogP contribution in [-0.2, 0) is 9.53 Å². The molecule has 0 aromatic carbocycles. The summed E-state index contributed by atoms with van der Waals surface area (Å²) in [6, 6.07) is 0. The van der Waals surface area contributed by atoms with Crippen molar-refractivity contribution in [1.82, 2.24) is 5.32 Å². The van der Waals surface area contributed by atoms with Crippen LogP contribution in [0.3, 0.4) is 0 Å². The molecule has 1 rings (SSSR count). The normalized spacial score (nSPS) is 26.9. The summed E-state index contributed by atoms with van der Waals surface area (Å²) in [5.74, 6) is 0.0641. The third-order valence-electron chi connectivity index (χ3n) is 3.52. The number of carbonyl (C=O) groups is 1. The van der Waals surface area contributed by atoms with Crippen molar-refractivity contribution < 1.29 is 9.53 Å². The minimum Gasteiger partial charge on any atom is -0.382 e. The maximum Gasteiger partial charge on any atom is 0.235 e. The second-order valence-electron chi connectivity index (χ2n) is 4.53. The Morgan fingerprint density at radius 1 is 1.56 bits per heavy atom. The van der Waals surface area contributed by atoms with Crippen molar-refractivity contribution in [3.63, 3.8) is 0 Å². The molecule has 0 aromatic rings. The fourth-order valence-corrected chi connectivity index (χ4v) is 2.76. The molecule has 0 heterocycles. The van der Waals surface area contributed by atoms with Crippen molar-refractivity contribution in [2.75, 3.05) is 19.6 Å². The topological polar surface area (TPSA) is 38.3 Å². The lowest BCUT2D eigenvalue weighted by molar-refractivity contribution is -0.121. The van der Waals surface area contributed by atoms with Crippen molar-refractivity contribution in [2.24, 2.45) is 5.92 Å². The molecule has 3 nitrogen and oxygen atoms in total. The van der Waals surface area contributed by atoms with E-state index in [0.717, 1.165) is 12.8 Å². The largest absolute Gasteiger partial charge is 0.382 e. The van der Waals surface area contributed by atoms with E-state index in [9.17, 15) is 4.79 Å². The Hall–Kier alpha value is -0.800. The van der Waals surface area contributed by atoms with Crippen LogP contribution in [0.1, 0.15) is 26.7 Å². The Bertz CT molecular complexity index is 352. The standard InChI is InChI=1S/C14H22ClNO2/c1-4-11-7-6-8-12(5-2)14(11,10-18-3)16-13(17)9-15/h6-8,11H,4-5,9-10H2,1-3H3,(H,16,17). The molecule has 0 bridgehead atoms. The van der Waals surface area contributed by atoms with Gasteiger partial charge >= 0.3 is 0 Å². The quantitative estimate of drug-likeness (QED) is 0.755. The molecule has 2 unspecified atom stereocenters. The molecule has 0 spiro atoms. The molecule has 2 atom stereocenters. The van der Waals surface area contributed by atoms with E-state index in [-0.39, 0.29) is 17.7 Å². The summed E-state index contributed by atoms with van der Waals surface area (Å²) in [5, 5.41) is 3.07. The zero-order valence-electron chi connectivity index (χ0n) is 11.3. The van der Waals surface area contributed by atoms with Crippen molar-refractivity contribution in [3.8, 4) is 0 Å². The van der Waals surface area contributed by atoms with Crippen molar-refractivity contribution >= 4 is 17.5 Å². The second kappa shape index (κ2) is 6.95. The summed E-state index contributed by atoms with van der Waals surface area (Å²) in [6.45, 7) is 4.68. The third-order valence-corrected chi connectivity index (χ3v) is 3.77. The predicted molar refractivity (Wildman–Crippen MR) is 74.8 cm³/mol. The lowest BCUT2D eigenvalue weighted by Crippen LogP contribution is -2.58. The summed E-state index contributed by atoms with van der Waals surface area (Å²) >= 11 is 5.62. The number of methoxy groups -OCH3 is 1. The van der Waals surface area contributed by atoms with E-state index in [1.54, 1.807) is 7.11 Å². The van der Waals surface area contributed by atoms with Gasteiger partial charge in [0.25, 0.3) is 0 Å². The molecule has 0 fully saturated rings. The summed E-state index contributed by atoms with van der Waals surface area (Å²) in [7, 11) is 1.66. The highest BCUT2D eigenvalue weighted by molar-refractivity contribution is 6.27. The van der Waals surface area contributed by atoms with Gasteiger partial charge in [-0.05, 0) is 18.4 Å². The Labute approximate surface area is 114 Å². The van der Waals surface area contributed by atoms with E-state index in [1.165, 1.54) is 5.57 Å². The Balaban J connectivity index is 3.12. The van der Waals surface area contributed by atoms with E-state index in [1.807, 2.05) is 0 Å². The number of ether oxygens (including phenoxy) is 1. The Morgan fingerprint density at radius 3 is 2.78 bits per heavy atom. The molecular weight excluding hydrogens is 250 g/mol. The van der Waals surface area contributed by atoms with Crippen LogP contribution in [0.4, 0.5) is 0 Å². The smallest absolute Gasteiger partial charge is 0.235 e. The molecule has 1 aliphatic carbocycles. The fraction of sp³-hybridized carbons (Fsp3) is 0.643. The number of halogens is 1. The highest BCUT2D eigenvalue weighted by atomic mass is 35.5. The molecule has 0 saturated carbocycles. The van der Waals surface area contributed by atoms with Crippen molar-refractivity contribution in [1.29, 1.82) is 0 Å². The van der Waals surface area contributed by atoms with Gasteiger partial charge in [-0.25, -0.2) is 0 Å². The van der Waals surface area contributed by atoms with Gasteiger partial charge in [-0.3, -0.25) is 4.79 Å². The average molecular weight is 272 g/mol. The number of carbonyl (C=O) groups excluding carboxylic acids is 1. The predicted octanol–water partition coefficient (Wildman–Crippen LogP) is 2.66. The molecule has 0 radical (unpaired) electrons.